The molecule has 0 aliphatic carbocycles. The lowest BCUT2D eigenvalue weighted by Gasteiger charge is -2.11. The van der Waals surface area contributed by atoms with Crippen molar-refractivity contribution in [2.45, 2.75) is 20.3 Å². The van der Waals surface area contributed by atoms with E-state index in [-0.39, 0.29) is 35.7 Å². The average Bonchev–Trinajstić information content (AvgIpc) is 2.40. The van der Waals surface area contributed by atoms with E-state index in [2.05, 4.69) is 4.74 Å². The predicted molar refractivity (Wildman–Crippen MR) is 86.7 cm³/mol. The number of rotatable bonds is 5. The minimum Gasteiger partial charge on any atom is -0.469 e. The van der Waals surface area contributed by atoms with Gasteiger partial charge in [0.25, 0.3) is 0 Å². The molecule has 0 fully saturated rings. The minimum atomic E-state index is -0.802. The van der Waals surface area contributed by atoms with E-state index >= 15 is 0 Å². The Hall–Kier alpha value is -1.02. The molecule has 0 unspecified atom stereocenters. The molecule has 0 bridgehead atoms. The van der Waals surface area contributed by atoms with Crippen molar-refractivity contribution in [3.8, 4) is 5.75 Å². The zero-order valence-corrected chi connectivity index (χ0v) is 14.9. The summed E-state index contributed by atoms with van der Waals surface area (Å²) in [6.45, 7) is 4.12. The molecule has 21 heavy (non-hydrogen) atoms. The van der Waals surface area contributed by atoms with E-state index in [1.807, 2.05) is 36.4 Å². The topological polar surface area (TPSA) is 61.8 Å². The summed E-state index contributed by atoms with van der Waals surface area (Å²) in [4.78, 5) is 22.8. The van der Waals surface area contributed by atoms with E-state index in [9.17, 15) is 9.59 Å². The highest BCUT2D eigenvalue weighted by Gasteiger charge is 2.16. The van der Waals surface area contributed by atoms with Crippen LogP contribution < -0.4 is 4.74 Å². The zero-order chi connectivity index (χ0) is 16.0. The molecule has 7 heteroatoms. The Morgan fingerprint density at radius 2 is 2.00 bits per heavy atom. The summed E-state index contributed by atoms with van der Waals surface area (Å²) in [7, 11) is 1.32. The van der Waals surface area contributed by atoms with E-state index in [0.29, 0.717) is 9.13 Å². The standard InChI is InChI=1S/C14H16ClIO5/c1-8(2)7-20-14(18)21-13-10(15)4-9(5-11(13)16)6-12(17)19-3/h4-5,8H,6-7H2,1-3H3. The average molecular weight is 427 g/mol. The van der Waals surface area contributed by atoms with Crippen molar-refractivity contribution in [1.29, 1.82) is 0 Å². The van der Waals surface area contributed by atoms with Gasteiger partial charge >= 0.3 is 12.1 Å². The molecule has 0 spiro atoms. The van der Waals surface area contributed by atoms with Crippen LogP contribution in [-0.2, 0) is 20.7 Å². The van der Waals surface area contributed by atoms with Crippen LogP contribution >= 0.6 is 34.2 Å². The Bertz CT molecular complexity index is 507. The zero-order valence-electron chi connectivity index (χ0n) is 11.9. The summed E-state index contributed by atoms with van der Waals surface area (Å²) in [5.41, 5.74) is 0.680. The van der Waals surface area contributed by atoms with Gasteiger partial charge < -0.3 is 14.2 Å². The molecule has 0 saturated carbocycles. The van der Waals surface area contributed by atoms with Crippen LogP contribution in [0.5, 0.6) is 5.75 Å². The Morgan fingerprint density at radius 1 is 1.33 bits per heavy atom. The first kappa shape index (κ1) is 18.0. The van der Waals surface area contributed by atoms with Gasteiger partial charge in [0.1, 0.15) is 0 Å². The molecule has 1 aromatic rings. The van der Waals surface area contributed by atoms with Crippen molar-refractivity contribution >= 4 is 46.3 Å². The molecule has 0 atom stereocenters. The summed E-state index contributed by atoms with van der Waals surface area (Å²) in [5.74, 6) is 0.0704. The van der Waals surface area contributed by atoms with Crippen LogP contribution in [-0.4, -0.2) is 25.8 Å². The first-order valence-corrected chi connectivity index (χ1v) is 7.68. The predicted octanol–water partition coefficient (Wildman–Crippen LogP) is 3.83. The summed E-state index contributed by atoms with van der Waals surface area (Å²) >= 11 is 8.05. The van der Waals surface area contributed by atoms with Crippen LogP contribution in [0.15, 0.2) is 12.1 Å². The molecule has 0 radical (unpaired) electrons. The van der Waals surface area contributed by atoms with Crippen molar-refractivity contribution in [1.82, 2.24) is 0 Å². The molecular weight excluding hydrogens is 411 g/mol. The van der Waals surface area contributed by atoms with Gasteiger partial charge in [-0.05, 0) is 46.2 Å². The molecule has 1 rings (SSSR count). The lowest BCUT2D eigenvalue weighted by molar-refractivity contribution is -0.139. The van der Waals surface area contributed by atoms with E-state index < -0.39 is 6.16 Å². The van der Waals surface area contributed by atoms with Crippen LogP contribution in [0, 0.1) is 9.49 Å². The van der Waals surface area contributed by atoms with E-state index in [1.54, 1.807) is 12.1 Å². The molecule has 0 aromatic heterocycles. The molecule has 0 aliphatic rings. The lowest BCUT2D eigenvalue weighted by atomic mass is 10.1. The Labute approximate surface area is 142 Å². The van der Waals surface area contributed by atoms with Crippen LogP contribution in [0.3, 0.4) is 0 Å². The lowest BCUT2D eigenvalue weighted by Crippen LogP contribution is -2.15. The van der Waals surface area contributed by atoms with Crippen molar-refractivity contribution in [3.05, 3.63) is 26.3 Å². The van der Waals surface area contributed by atoms with Crippen molar-refractivity contribution in [2.75, 3.05) is 13.7 Å². The number of hydrogen-bond acceptors (Lipinski definition) is 5. The van der Waals surface area contributed by atoms with Crippen LogP contribution in [0.1, 0.15) is 19.4 Å². The summed E-state index contributed by atoms with van der Waals surface area (Å²) in [6.07, 6.45) is -0.700. The Kier molecular flexibility index (Phi) is 7.24. The second-order valence-electron chi connectivity index (χ2n) is 4.70. The number of hydrogen-bond donors (Lipinski definition) is 0. The molecule has 0 amide bonds. The third-order valence-corrected chi connectivity index (χ3v) is 3.44. The molecule has 116 valence electrons. The van der Waals surface area contributed by atoms with Crippen molar-refractivity contribution in [2.24, 2.45) is 5.92 Å². The third kappa shape index (κ3) is 6.09. The maximum absolute atomic E-state index is 11.5. The summed E-state index contributed by atoms with van der Waals surface area (Å²) < 4.78 is 15.2. The number of ether oxygens (including phenoxy) is 3. The SMILES string of the molecule is COC(=O)Cc1cc(Cl)c(OC(=O)OCC(C)C)c(I)c1. The first-order chi connectivity index (χ1) is 9.83. The molecule has 1 aromatic carbocycles. The molecule has 0 heterocycles. The van der Waals surface area contributed by atoms with E-state index in [0.717, 1.165) is 0 Å². The second-order valence-corrected chi connectivity index (χ2v) is 6.27. The molecule has 0 saturated heterocycles. The fourth-order valence-electron chi connectivity index (χ4n) is 1.40. The van der Waals surface area contributed by atoms with Crippen LogP contribution in [0.2, 0.25) is 5.02 Å². The highest BCUT2D eigenvalue weighted by Crippen LogP contribution is 2.32. The van der Waals surface area contributed by atoms with Crippen LogP contribution in [0.4, 0.5) is 4.79 Å². The third-order valence-electron chi connectivity index (χ3n) is 2.35. The van der Waals surface area contributed by atoms with Crippen molar-refractivity contribution in [3.63, 3.8) is 0 Å². The number of methoxy groups -OCH3 is 1. The summed E-state index contributed by atoms with van der Waals surface area (Å²) in [6, 6.07) is 3.26. The second kappa shape index (κ2) is 8.43. The number of esters is 1. The maximum atomic E-state index is 11.5. The van der Waals surface area contributed by atoms with Gasteiger partial charge in [0, 0.05) is 0 Å². The molecule has 0 N–H and O–H groups in total. The number of carbonyl (C=O) groups is 2. The normalized spacial score (nSPS) is 10.4. The van der Waals surface area contributed by atoms with Gasteiger partial charge in [-0.15, -0.1) is 0 Å². The van der Waals surface area contributed by atoms with Gasteiger partial charge in [0.2, 0.25) is 0 Å². The highest BCUT2D eigenvalue weighted by atomic mass is 127. The fourth-order valence-corrected chi connectivity index (χ4v) is 2.64. The van der Waals surface area contributed by atoms with E-state index in [4.69, 9.17) is 21.1 Å². The van der Waals surface area contributed by atoms with E-state index in [1.165, 1.54) is 7.11 Å². The smallest absolute Gasteiger partial charge is 0.469 e. The summed E-state index contributed by atoms with van der Waals surface area (Å²) in [5, 5.41) is 0.238. The number of carbonyl (C=O) groups excluding carboxylic acids is 2. The minimum absolute atomic E-state index is 0.101. The Morgan fingerprint density at radius 3 is 2.52 bits per heavy atom. The molecule has 0 aliphatic heterocycles. The van der Waals surface area contributed by atoms with Gasteiger partial charge in [0.15, 0.2) is 5.75 Å². The van der Waals surface area contributed by atoms with Gasteiger partial charge in [0.05, 0.1) is 28.7 Å². The maximum Gasteiger partial charge on any atom is 0.513 e. The van der Waals surface area contributed by atoms with Gasteiger partial charge in [-0.1, -0.05) is 25.4 Å². The fraction of sp³-hybridized carbons (Fsp3) is 0.429. The number of benzene rings is 1. The van der Waals surface area contributed by atoms with Crippen molar-refractivity contribution < 1.29 is 23.8 Å². The number of halogens is 2. The highest BCUT2D eigenvalue weighted by molar-refractivity contribution is 14.1. The molecule has 5 nitrogen and oxygen atoms in total. The monoisotopic (exact) mass is 426 g/mol. The van der Waals surface area contributed by atoms with Gasteiger partial charge in [-0.3, -0.25) is 4.79 Å². The Balaban J connectivity index is 2.80. The van der Waals surface area contributed by atoms with Gasteiger partial charge in [-0.2, -0.15) is 0 Å². The first-order valence-electron chi connectivity index (χ1n) is 6.22. The largest absolute Gasteiger partial charge is 0.513 e. The molecular formula is C14H16ClIO5. The van der Waals surface area contributed by atoms with Gasteiger partial charge in [-0.25, -0.2) is 4.79 Å². The quantitative estimate of drug-likeness (QED) is 0.407. The van der Waals surface area contributed by atoms with Crippen LogP contribution in [0.25, 0.3) is 0 Å².